The zero-order valence-electron chi connectivity index (χ0n) is 13.5. The summed E-state index contributed by atoms with van der Waals surface area (Å²) in [5.41, 5.74) is 1.34. The molecule has 1 unspecified atom stereocenters. The zero-order chi connectivity index (χ0) is 16.9. The highest BCUT2D eigenvalue weighted by atomic mass is 19.1. The Balaban J connectivity index is 1.57. The smallest absolute Gasteiger partial charge is 0.197 e. The highest BCUT2D eigenvalue weighted by Gasteiger charge is 2.26. The molecule has 1 atom stereocenters. The van der Waals surface area contributed by atoms with E-state index < -0.39 is 0 Å². The number of carbonyl (C=O) groups is 1. The number of halogens is 1. The molecule has 2 heterocycles. The van der Waals surface area contributed by atoms with E-state index in [9.17, 15) is 14.4 Å². The van der Waals surface area contributed by atoms with Crippen LogP contribution >= 0.6 is 0 Å². The second-order valence-electron chi connectivity index (χ2n) is 6.27. The van der Waals surface area contributed by atoms with E-state index in [1.807, 2.05) is 12.1 Å². The molecule has 1 fully saturated rings. The van der Waals surface area contributed by atoms with Gasteiger partial charge in [0.1, 0.15) is 5.82 Å². The molecule has 1 saturated heterocycles. The van der Waals surface area contributed by atoms with Gasteiger partial charge in [-0.2, -0.15) is 4.73 Å². The number of hydrogen-bond acceptors (Lipinski definition) is 3. The molecule has 0 N–H and O–H groups in total. The van der Waals surface area contributed by atoms with E-state index in [0.717, 1.165) is 36.4 Å². The van der Waals surface area contributed by atoms with E-state index in [1.54, 1.807) is 6.07 Å². The molecule has 0 radical (unpaired) electrons. The van der Waals surface area contributed by atoms with E-state index in [1.165, 1.54) is 30.5 Å². The van der Waals surface area contributed by atoms with Gasteiger partial charge in [-0.1, -0.05) is 6.07 Å². The number of ketones is 1. The van der Waals surface area contributed by atoms with Crippen molar-refractivity contribution < 1.29 is 13.9 Å². The van der Waals surface area contributed by atoms with Gasteiger partial charge < -0.3 is 10.1 Å². The van der Waals surface area contributed by atoms with Crippen LogP contribution in [0.25, 0.3) is 0 Å². The normalized spacial score (nSPS) is 18.5. The SMILES string of the molecule is O=C(CCN1CCCC(c2cccc[n+]2[O-])C1)c1ccc(F)cc1. The number of aromatic nitrogens is 1. The molecule has 1 aromatic carbocycles. The van der Waals surface area contributed by atoms with Gasteiger partial charge in [-0.15, -0.1) is 0 Å². The molecular weight excluding hydrogens is 307 g/mol. The maximum Gasteiger partial charge on any atom is 0.197 e. The van der Waals surface area contributed by atoms with Crippen LogP contribution < -0.4 is 4.73 Å². The highest BCUT2D eigenvalue weighted by Crippen LogP contribution is 2.24. The largest absolute Gasteiger partial charge is 0.618 e. The van der Waals surface area contributed by atoms with Crippen molar-refractivity contribution in [3.63, 3.8) is 0 Å². The minimum atomic E-state index is -0.334. The fraction of sp³-hybridized carbons (Fsp3) is 0.368. The highest BCUT2D eigenvalue weighted by molar-refractivity contribution is 5.96. The van der Waals surface area contributed by atoms with Crippen LogP contribution in [0.1, 0.15) is 41.2 Å². The minimum Gasteiger partial charge on any atom is -0.618 e. The van der Waals surface area contributed by atoms with Crippen molar-refractivity contribution in [1.82, 2.24) is 4.90 Å². The number of piperidine rings is 1. The molecule has 24 heavy (non-hydrogen) atoms. The molecule has 2 aromatic rings. The van der Waals surface area contributed by atoms with Crippen LogP contribution in [0, 0.1) is 11.0 Å². The van der Waals surface area contributed by atoms with Crippen molar-refractivity contribution in [3.8, 4) is 0 Å². The van der Waals surface area contributed by atoms with Gasteiger partial charge in [0.2, 0.25) is 0 Å². The van der Waals surface area contributed by atoms with Gasteiger partial charge in [0, 0.05) is 37.2 Å². The minimum absolute atomic E-state index is 0.0238. The molecular formula is C19H21FN2O2. The Morgan fingerprint density at radius 3 is 2.79 bits per heavy atom. The summed E-state index contributed by atoms with van der Waals surface area (Å²) >= 11 is 0. The molecule has 126 valence electrons. The second kappa shape index (κ2) is 7.53. The second-order valence-corrected chi connectivity index (χ2v) is 6.27. The van der Waals surface area contributed by atoms with Crippen LogP contribution in [-0.4, -0.2) is 30.3 Å². The first-order chi connectivity index (χ1) is 11.6. The van der Waals surface area contributed by atoms with Crippen LogP contribution in [0.4, 0.5) is 4.39 Å². The van der Waals surface area contributed by atoms with Gasteiger partial charge in [0.25, 0.3) is 0 Å². The first-order valence-corrected chi connectivity index (χ1v) is 8.32. The molecule has 1 aliphatic heterocycles. The molecule has 1 aliphatic rings. The molecule has 0 aliphatic carbocycles. The summed E-state index contributed by atoms with van der Waals surface area (Å²) in [6, 6.07) is 11.2. The topological polar surface area (TPSA) is 47.2 Å². The zero-order valence-corrected chi connectivity index (χ0v) is 13.5. The summed E-state index contributed by atoms with van der Waals surface area (Å²) in [6.45, 7) is 2.40. The number of likely N-dealkylation sites (tertiary alicyclic amines) is 1. The molecule has 0 saturated carbocycles. The third-order valence-electron chi connectivity index (χ3n) is 4.60. The van der Waals surface area contributed by atoms with E-state index >= 15 is 0 Å². The Kier molecular flexibility index (Phi) is 5.20. The molecule has 3 rings (SSSR count). The Bertz CT molecular complexity index is 703. The van der Waals surface area contributed by atoms with E-state index in [0.29, 0.717) is 18.5 Å². The van der Waals surface area contributed by atoms with Gasteiger partial charge in [-0.05, 0) is 43.7 Å². The van der Waals surface area contributed by atoms with Gasteiger partial charge in [0.05, 0.1) is 5.92 Å². The van der Waals surface area contributed by atoms with Crippen molar-refractivity contribution in [1.29, 1.82) is 0 Å². The maximum absolute atomic E-state index is 12.9. The quantitative estimate of drug-likeness (QED) is 0.482. The van der Waals surface area contributed by atoms with Crippen LogP contribution in [-0.2, 0) is 0 Å². The van der Waals surface area contributed by atoms with E-state index in [-0.39, 0.29) is 17.5 Å². The average Bonchev–Trinajstić information content (AvgIpc) is 2.61. The van der Waals surface area contributed by atoms with Gasteiger partial charge in [-0.3, -0.25) is 4.79 Å². The summed E-state index contributed by atoms with van der Waals surface area (Å²) in [7, 11) is 0. The molecule has 0 bridgehead atoms. The molecule has 0 amide bonds. The number of carbonyl (C=O) groups excluding carboxylic acids is 1. The third-order valence-corrected chi connectivity index (χ3v) is 4.60. The standard InChI is InChI=1S/C19H21FN2O2/c20-17-8-6-15(7-9-17)19(23)10-13-21-11-3-4-16(14-21)18-5-1-2-12-22(18)24/h1-2,5-9,12,16H,3-4,10-11,13-14H2. The van der Waals surface area contributed by atoms with Crippen molar-refractivity contribution in [2.75, 3.05) is 19.6 Å². The number of pyridine rings is 1. The number of Topliss-reactive ketones (excluding diaryl/α,β-unsaturated/α-hetero) is 1. The summed E-state index contributed by atoms with van der Waals surface area (Å²) in [5, 5.41) is 11.9. The Hall–Kier alpha value is -2.27. The van der Waals surface area contributed by atoms with Gasteiger partial charge >= 0.3 is 0 Å². The predicted molar refractivity (Wildman–Crippen MR) is 89.2 cm³/mol. The molecule has 1 aromatic heterocycles. The average molecular weight is 328 g/mol. The lowest BCUT2D eigenvalue weighted by atomic mass is 9.94. The lowest BCUT2D eigenvalue weighted by Crippen LogP contribution is -2.41. The number of nitrogens with zero attached hydrogens (tertiary/aromatic N) is 2. The molecule has 0 spiro atoms. The molecule has 4 nitrogen and oxygen atoms in total. The monoisotopic (exact) mass is 328 g/mol. The first-order valence-electron chi connectivity index (χ1n) is 8.32. The van der Waals surface area contributed by atoms with E-state index in [4.69, 9.17) is 0 Å². The van der Waals surface area contributed by atoms with E-state index in [2.05, 4.69) is 4.90 Å². The molecule has 5 heteroatoms. The van der Waals surface area contributed by atoms with Crippen molar-refractivity contribution in [3.05, 3.63) is 70.9 Å². The summed E-state index contributed by atoms with van der Waals surface area (Å²) in [6.07, 6.45) is 3.95. The number of benzene rings is 1. The van der Waals surface area contributed by atoms with Crippen molar-refractivity contribution in [2.24, 2.45) is 0 Å². The lowest BCUT2D eigenvalue weighted by molar-refractivity contribution is -0.615. The number of rotatable bonds is 5. The van der Waals surface area contributed by atoms with Crippen LogP contribution in [0.15, 0.2) is 48.7 Å². The fourth-order valence-electron chi connectivity index (χ4n) is 3.30. The summed E-state index contributed by atoms with van der Waals surface area (Å²) in [4.78, 5) is 14.4. The van der Waals surface area contributed by atoms with Crippen LogP contribution in [0.3, 0.4) is 0 Å². The van der Waals surface area contributed by atoms with Crippen LogP contribution in [0.5, 0.6) is 0 Å². The Labute approximate surface area is 141 Å². The summed E-state index contributed by atoms with van der Waals surface area (Å²) in [5.74, 6) is -0.103. The Morgan fingerprint density at radius 1 is 1.25 bits per heavy atom. The Morgan fingerprint density at radius 2 is 2.04 bits per heavy atom. The van der Waals surface area contributed by atoms with Gasteiger partial charge in [0.15, 0.2) is 17.7 Å². The van der Waals surface area contributed by atoms with Crippen LogP contribution in [0.2, 0.25) is 0 Å². The predicted octanol–water partition coefficient (Wildman–Crippen LogP) is 2.91. The third kappa shape index (κ3) is 3.97. The maximum atomic E-state index is 12.9. The lowest BCUT2D eigenvalue weighted by Gasteiger charge is -2.31. The summed E-state index contributed by atoms with van der Waals surface area (Å²) < 4.78 is 13.9. The number of hydrogen-bond donors (Lipinski definition) is 0. The fourth-order valence-corrected chi connectivity index (χ4v) is 3.30. The van der Waals surface area contributed by atoms with Crippen molar-refractivity contribution in [2.45, 2.75) is 25.2 Å². The van der Waals surface area contributed by atoms with Crippen molar-refractivity contribution >= 4 is 5.78 Å². The van der Waals surface area contributed by atoms with Gasteiger partial charge in [-0.25, -0.2) is 4.39 Å². The first kappa shape index (κ1) is 16.6.